The zero-order chi connectivity index (χ0) is 15.9. The van der Waals surface area contributed by atoms with Gasteiger partial charge >= 0.3 is 18.2 Å². The molecule has 1 rings (SSSR count). The number of furan rings is 1. The monoisotopic (exact) mass is 308 g/mol. The fraction of sp³-hybridized carbons (Fsp3) is 0.500. The first-order valence-electron chi connectivity index (χ1n) is 6.18. The van der Waals surface area contributed by atoms with E-state index in [0.717, 1.165) is 0 Å². The number of amides is 2. The number of alkyl halides is 3. The Hall–Kier alpha value is -2.19. The lowest BCUT2D eigenvalue weighted by Gasteiger charge is -2.07. The van der Waals surface area contributed by atoms with E-state index in [2.05, 4.69) is 10.6 Å². The van der Waals surface area contributed by atoms with E-state index >= 15 is 0 Å². The van der Waals surface area contributed by atoms with Gasteiger partial charge in [0, 0.05) is 13.0 Å². The predicted octanol–water partition coefficient (Wildman–Crippen LogP) is 2.51. The molecule has 1 aromatic heterocycles. The number of hydrogen-bond acceptors (Lipinski definition) is 3. The maximum absolute atomic E-state index is 11.9. The molecule has 0 atom stereocenters. The van der Waals surface area contributed by atoms with Gasteiger partial charge in [0.05, 0.1) is 6.54 Å². The third-order valence-corrected chi connectivity index (χ3v) is 2.47. The standard InChI is InChI=1S/C12H15F3N2O4/c13-12(14,15)5-1-2-6-16-11(20)17-7-8-3-4-9(21-8)10(18)19/h3-4H,1-2,5-7H2,(H,18,19)(H2,16,17,20). The summed E-state index contributed by atoms with van der Waals surface area (Å²) in [6, 6.07) is 2.11. The van der Waals surface area contributed by atoms with Crippen LogP contribution in [-0.4, -0.2) is 29.8 Å². The maximum atomic E-state index is 11.9. The third kappa shape index (κ3) is 7.23. The number of carboxylic acid groups (broad SMARTS) is 1. The van der Waals surface area contributed by atoms with Crippen LogP contribution in [0, 0.1) is 0 Å². The lowest BCUT2D eigenvalue weighted by molar-refractivity contribution is -0.135. The number of hydrogen-bond donors (Lipinski definition) is 3. The number of aromatic carboxylic acids is 1. The molecule has 0 radical (unpaired) electrons. The van der Waals surface area contributed by atoms with Crippen molar-refractivity contribution in [1.82, 2.24) is 10.6 Å². The summed E-state index contributed by atoms with van der Waals surface area (Å²) in [5, 5.41) is 13.4. The molecule has 1 aromatic rings. The number of carbonyl (C=O) groups excluding carboxylic acids is 1. The van der Waals surface area contributed by atoms with Crippen LogP contribution in [0.15, 0.2) is 16.5 Å². The van der Waals surface area contributed by atoms with Crippen LogP contribution in [0.4, 0.5) is 18.0 Å². The second-order valence-corrected chi connectivity index (χ2v) is 4.25. The molecule has 9 heteroatoms. The van der Waals surface area contributed by atoms with Crippen molar-refractivity contribution in [1.29, 1.82) is 0 Å². The zero-order valence-corrected chi connectivity index (χ0v) is 11.0. The molecule has 0 aromatic carbocycles. The highest BCUT2D eigenvalue weighted by Gasteiger charge is 2.25. The van der Waals surface area contributed by atoms with Gasteiger partial charge in [-0.15, -0.1) is 0 Å². The summed E-state index contributed by atoms with van der Waals surface area (Å²) in [7, 11) is 0. The Labute approximate surface area is 118 Å². The minimum atomic E-state index is -4.18. The Morgan fingerprint density at radius 2 is 1.90 bits per heavy atom. The van der Waals surface area contributed by atoms with E-state index in [-0.39, 0.29) is 37.5 Å². The van der Waals surface area contributed by atoms with Gasteiger partial charge in [0.25, 0.3) is 0 Å². The Morgan fingerprint density at radius 3 is 2.48 bits per heavy atom. The Bertz CT molecular complexity index is 485. The molecule has 0 bridgehead atoms. The quantitative estimate of drug-likeness (QED) is 0.675. The van der Waals surface area contributed by atoms with Gasteiger partial charge in [-0.2, -0.15) is 13.2 Å². The summed E-state index contributed by atoms with van der Waals surface area (Å²) < 4.78 is 40.5. The van der Waals surface area contributed by atoms with Gasteiger partial charge in [0.15, 0.2) is 0 Å². The van der Waals surface area contributed by atoms with E-state index < -0.39 is 24.6 Å². The van der Waals surface area contributed by atoms with Crippen molar-refractivity contribution in [3.05, 3.63) is 23.7 Å². The first-order valence-corrected chi connectivity index (χ1v) is 6.18. The molecule has 0 spiro atoms. The van der Waals surface area contributed by atoms with Crippen LogP contribution >= 0.6 is 0 Å². The molecule has 1 heterocycles. The zero-order valence-electron chi connectivity index (χ0n) is 11.0. The van der Waals surface area contributed by atoms with Crippen LogP contribution in [-0.2, 0) is 6.54 Å². The third-order valence-electron chi connectivity index (χ3n) is 2.47. The smallest absolute Gasteiger partial charge is 0.389 e. The fourth-order valence-electron chi connectivity index (χ4n) is 1.47. The van der Waals surface area contributed by atoms with Crippen LogP contribution < -0.4 is 10.6 Å². The molecular formula is C12H15F3N2O4. The van der Waals surface area contributed by atoms with Crippen molar-refractivity contribution in [2.24, 2.45) is 0 Å². The van der Waals surface area contributed by atoms with Gasteiger partial charge in [-0.1, -0.05) is 0 Å². The lowest BCUT2D eigenvalue weighted by Crippen LogP contribution is -2.35. The van der Waals surface area contributed by atoms with E-state index in [1.54, 1.807) is 0 Å². The fourth-order valence-corrected chi connectivity index (χ4v) is 1.47. The van der Waals surface area contributed by atoms with E-state index in [0.29, 0.717) is 0 Å². The summed E-state index contributed by atoms with van der Waals surface area (Å²) in [5.74, 6) is -1.19. The maximum Gasteiger partial charge on any atom is 0.389 e. The summed E-state index contributed by atoms with van der Waals surface area (Å²) >= 11 is 0. The highest BCUT2D eigenvalue weighted by Crippen LogP contribution is 2.21. The minimum Gasteiger partial charge on any atom is -0.475 e. The van der Waals surface area contributed by atoms with Crippen molar-refractivity contribution in [3.8, 4) is 0 Å². The molecule has 0 aliphatic carbocycles. The summed E-state index contributed by atoms with van der Waals surface area (Å²) in [5.41, 5.74) is 0. The molecule has 6 nitrogen and oxygen atoms in total. The molecule has 0 fully saturated rings. The first-order chi connectivity index (χ1) is 9.78. The van der Waals surface area contributed by atoms with Gasteiger partial charge in [-0.05, 0) is 25.0 Å². The van der Waals surface area contributed by atoms with Crippen LogP contribution in [0.2, 0.25) is 0 Å². The largest absolute Gasteiger partial charge is 0.475 e. The lowest BCUT2D eigenvalue weighted by atomic mass is 10.2. The van der Waals surface area contributed by atoms with Gasteiger partial charge < -0.3 is 20.2 Å². The highest BCUT2D eigenvalue weighted by atomic mass is 19.4. The van der Waals surface area contributed by atoms with Crippen LogP contribution in [0.5, 0.6) is 0 Å². The van der Waals surface area contributed by atoms with E-state index in [1.807, 2.05) is 0 Å². The van der Waals surface area contributed by atoms with Gasteiger partial charge in [-0.3, -0.25) is 0 Å². The Kier molecular flexibility index (Phi) is 6.07. The minimum absolute atomic E-state index is 0.0122. The van der Waals surface area contributed by atoms with E-state index in [4.69, 9.17) is 9.52 Å². The number of nitrogens with one attached hydrogen (secondary N) is 2. The van der Waals surface area contributed by atoms with Crippen molar-refractivity contribution in [3.63, 3.8) is 0 Å². The number of rotatable bonds is 7. The normalized spacial score (nSPS) is 11.2. The van der Waals surface area contributed by atoms with E-state index in [1.165, 1.54) is 12.1 Å². The van der Waals surface area contributed by atoms with E-state index in [9.17, 15) is 22.8 Å². The first kappa shape index (κ1) is 16.9. The molecule has 0 aliphatic heterocycles. The molecule has 21 heavy (non-hydrogen) atoms. The number of carbonyl (C=O) groups is 2. The average molecular weight is 308 g/mol. The molecular weight excluding hydrogens is 293 g/mol. The van der Waals surface area contributed by atoms with Gasteiger partial charge in [0.2, 0.25) is 5.76 Å². The summed E-state index contributed by atoms with van der Waals surface area (Å²) in [4.78, 5) is 21.9. The van der Waals surface area contributed by atoms with Crippen molar-refractivity contribution < 1.29 is 32.3 Å². The predicted molar refractivity (Wildman–Crippen MR) is 65.8 cm³/mol. The molecule has 118 valence electrons. The van der Waals surface area contributed by atoms with Crippen molar-refractivity contribution >= 4 is 12.0 Å². The number of halogens is 3. The summed E-state index contributed by atoms with van der Waals surface area (Å²) in [6.07, 6.45) is -4.88. The molecule has 0 saturated carbocycles. The van der Waals surface area contributed by atoms with Crippen LogP contribution in [0.3, 0.4) is 0 Å². The SMILES string of the molecule is O=C(NCCCCC(F)(F)F)NCc1ccc(C(=O)O)o1. The number of carboxylic acids is 1. The van der Waals surface area contributed by atoms with Crippen LogP contribution in [0.25, 0.3) is 0 Å². The molecule has 0 saturated heterocycles. The highest BCUT2D eigenvalue weighted by molar-refractivity contribution is 5.84. The second kappa shape index (κ2) is 7.55. The second-order valence-electron chi connectivity index (χ2n) is 4.25. The molecule has 0 unspecified atom stereocenters. The topological polar surface area (TPSA) is 91.6 Å². The van der Waals surface area contributed by atoms with Crippen molar-refractivity contribution in [2.75, 3.05) is 6.54 Å². The average Bonchev–Trinajstić information content (AvgIpc) is 2.83. The number of urea groups is 1. The van der Waals surface area contributed by atoms with Gasteiger partial charge in [-0.25, -0.2) is 9.59 Å². The number of unbranched alkanes of at least 4 members (excludes halogenated alkanes) is 1. The Balaban J connectivity index is 2.15. The molecule has 3 N–H and O–H groups in total. The van der Waals surface area contributed by atoms with Crippen molar-refractivity contribution in [2.45, 2.75) is 32.0 Å². The summed E-state index contributed by atoms with van der Waals surface area (Å²) in [6.45, 7) is 0.113. The molecule has 0 aliphatic rings. The molecule has 2 amide bonds. The van der Waals surface area contributed by atoms with Gasteiger partial charge in [0.1, 0.15) is 5.76 Å². The Morgan fingerprint density at radius 1 is 1.19 bits per heavy atom. The van der Waals surface area contributed by atoms with Crippen LogP contribution in [0.1, 0.15) is 35.6 Å².